The summed E-state index contributed by atoms with van der Waals surface area (Å²) in [5.41, 5.74) is 2.69. The summed E-state index contributed by atoms with van der Waals surface area (Å²) >= 11 is 0. The van der Waals surface area contributed by atoms with Gasteiger partial charge in [-0.25, -0.2) is 0 Å². The Hall–Kier alpha value is -2.83. The highest BCUT2D eigenvalue weighted by atomic mass is 16.5. The van der Waals surface area contributed by atoms with Crippen molar-refractivity contribution in [1.82, 2.24) is 0 Å². The molecule has 0 saturated carbocycles. The molecule has 2 atom stereocenters. The first-order chi connectivity index (χ1) is 15.5. The van der Waals surface area contributed by atoms with Crippen LogP contribution in [0.25, 0.3) is 0 Å². The van der Waals surface area contributed by atoms with E-state index in [4.69, 9.17) is 18.9 Å². The van der Waals surface area contributed by atoms with Gasteiger partial charge >= 0.3 is 5.97 Å². The van der Waals surface area contributed by atoms with Crippen LogP contribution in [-0.4, -0.2) is 45.4 Å². The molecule has 0 spiro atoms. The lowest BCUT2D eigenvalue weighted by Gasteiger charge is -2.35. The van der Waals surface area contributed by atoms with Crippen LogP contribution in [0.2, 0.25) is 0 Å². The monoisotopic (exact) mass is 443 g/mol. The molecule has 0 aromatic heterocycles. The number of rotatable bonds is 9. The summed E-state index contributed by atoms with van der Waals surface area (Å²) in [5, 5.41) is 0. The van der Waals surface area contributed by atoms with Crippen molar-refractivity contribution in [3.05, 3.63) is 29.0 Å². The summed E-state index contributed by atoms with van der Waals surface area (Å²) in [6.45, 7) is 4.29. The molecule has 0 fully saturated rings. The molecule has 1 aliphatic heterocycles. The second-order valence-corrected chi connectivity index (χ2v) is 8.14. The van der Waals surface area contributed by atoms with E-state index in [1.54, 1.807) is 20.3 Å². The summed E-state index contributed by atoms with van der Waals surface area (Å²) < 4.78 is 22.4. The normalized spacial score (nSPS) is 20.4. The van der Waals surface area contributed by atoms with Gasteiger partial charge in [0.1, 0.15) is 5.92 Å². The number of carbonyl (C=O) groups excluding carboxylic acids is 2. The average Bonchev–Trinajstić information content (AvgIpc) is 2.79. The van der Waals surface area contributed by atoms with Crippen molar-refractivity contribution < 1.29 is 28.5 Å². The maximum absolute atomic E-state index is 13.3. The average molecular weight is 444 g/mol. The lowest BCUT2D eigenvalue weighted by molar-refractivity contribution is -0.146. The second-order valence-electron chi connectivity index (χ2n) is 8.14. The molecule has 0 radical (unpaired) electrons. The number of ketones is 1. The first kappa shape index (κ1) is 23.8. The Morgan fingerprint density at radius 3 is 2.47 bits per heavy atom. The standard InChI is InChI=1S/C25H33NO6/c1-6-7-8-14-32-25(28)20-15(2)26-17-10-9-11-18(27)22(17)21(20)16-12-13-19(29-3)24(31-5)23(16)30-4/h12-13,20-21H,6-11,14H2,1-5H3/t20?,21-/m1/s1. The molecule has 174 valence electrons. The quantitative estimate of drug-likeness (QED) is 0.409. The van der Waals surface area contributed by atoms with E-state index in [0.29, 0.717) is 53.5 Å². The van der Waals surface area contributed by atoms with Crippen molar-refractivity contribution >= 4 is 17.5 Å². The van der Waals surface area contributed by atoms with E-state index < -0.39 is 11.8 Å². The third kappa shape index (κ3) is 4.52. The number of carbonyl (C=O) groups is 2. The number of esters is 1. The van der Waals surface area contributed by atoms with Crippen molar-refractivity contribution in [3.63, 3.8) is 0 Å². The predicted molar refractivity (Wildman–Crippen MR) is 122 cm³/mol. The van der Waals surface area contributed by atoms with Crippen molar-refractivity contribution in [1.29, 1.82) is 0 Å². The third-order valence-corrected chi connectivity index (χ3v) is 6.15. The molecule has 0 N–H and O–H groups in total. The van der Waals surface area contributed by atoms with E-state index >= 15 is 0 Å². The van der Waals surface area contributed by atoms with Crippen LogP contribution in [0.4, 0.5) is 0 Å². The maximum atomic E-state index is 13.3. The van der Waals surface area contributed by atoms with Crippen molar-refractivity contribution in [2.75, 3.05) is 27.9 Å². The molecule has 0 bridgehead atoms. The minimum Gasteiger partial charge on any atom is -0.493 e. The largest absolute Gasteiger partial charge is 0.493 e. The Morgan fingerprint density at radius 2 is 1.81 bits per heavy atom. The van der Waals surface area contributed by atoms with Crippen LogP contribution in [-0.2, 0) is 14.3 Å². The van der Waals surface area contributed by atoms with Crippen molar-refractivity contribution in [2.24, 2.45) is 10.9 Å². The van der Waals surface area contributed by atoms with Gasteiger partial charge in [-0.1, -0.05) is 25.8 Å². The van der Waals surface area contributed by atoms with Crippen LogP contribution in [0.3, 0.4) is 0 Å². The summed E-state index contributed by atoms with van der Waals surface area (Å²) in [7, 11) is 4.63. The van der Waals surface area contributed by atoms with Gasteiger partial charge in [-0.15, -0.1) is 0 Å². The molecule has 32 heavy (non-hydrogen) atoms. The van der Waals surface area contributed by atoms with Gasteiger partial charge < -0.3 is 18.9 Å². The Labute approximate surface area is 189 Å². The molecule has 1 heterocycles. The molecule has 7 nitrogen and oxygen atoms in total. The fourth-order valence-corrected chi connectivity index (χ4v) is 4.63. The highest BCUT2D eigenvalue weighted by molar-refractivity contribution is 6.09. The zero-order valence-corrected chi connectivity index (χ0v) is 19.7. The number of aliphatic imine (C=N–C) groups is 1. The summed E-state index contributed by atoms with van der Waals surface area (Å²) in [4.78, 5) is 31.1. The number of unbranched alkanes of at least 4 members (excludes halogenated alkanes) is 2. The molecule has 7 heteroatoms. The van der Waals surface area contributed by atoms with Crippen molar-refractivity contribution in [3.8, 4) is 17.2 Å². The first-order valence-electron chi connectivity index (χ1n) is 11.2. The van der Waals surface area contributed by atoms with E-state index in [-0.39, 0.29) is 11.8 Å². The molecule has 2 aliphatic rings. The Kier molecular flexibility index (Phi) is 7.94. The van der Waals surface area contributed by atoms with Crippen LogP contribution in [0, 0.1) is 5.92 Å². The molecule has 0 amide bonds. The number of allylic oxidation sites excluding steroid dienone is 2. The summed E-state index contributed by atoms with van der Waals surface area (Å²) in [5.74, 6) is -0.221. The van der Waals surface area contributed by atoms with Gasteiger partial charge in [0.15, 0.2) is 17.3 Å². The van der Waals surface area contributed by atoms with Crippen LogP contribution in [0.5, 0.6) is 17.2 Å². The van der Waals surface area contributed by atoms with Crippen LogP contribution < -0.4 is 14.2 Å². The minimum atomic E-state index is -0.704. The molecule has 0 saturated heterocycles. The van der Waals surface area contributed by atoms with Gasteiger partial charge in [0.25, 0.3) is 0 Å². The van der Waals surface area contributed by atoms with Gasteiger partial charge in [0.05, 0.1) is 27.9 Å². The fourth-order valence-electron chi connectivity index (χ4n) is 4.63. The number of nitrogens with zero attached hydrogens (tertiary/aromatic N) is 1. The van der Waals surface area contributed by atoms with Gasteiger partial charge in [-0.05, 0) is 32.3 Å². The van der Waals surface area contributed by atoms with E-state index in [9.17, 15) is 9.59 Å². The van der Waals surface area contributed by atoms with Gasteiger partial charge in [0.2, 0.25) is 5.75 Å². The third-order valence-electron chi connectivity index (χ3n) is 6.15. The fraction of sp³-hybridized carbons (Fsp3) is 0.560. The van der Waals surface area contributed by atoms with Gasteiger partial charge in [-0.2, -0.15) is 0 Å². The zero-order valence-electron chi connectivity index (χ0n) is 19.7. The molecule has 1 unspecified atom stereocenters. The summed E-state index contributed by atoms with van der Waals surface area (Å²) in [6, 6.07) is 3.61. The smallest absolute Gasteiger partial charge is 0.315 e. The number of Topliss-reactive ketones (excluding diaryl/α,β-unsaturated/α-hetero) is 1. The van der Waals surface area contributed by atoms with E-state index in [2.05, 4.69) is 11.9 Å². The van der Waals surface area contributed by atoms with Crippen LogP contribution in [0.1, 0.15) is 63.9 Å². The zero-order chi connectivity index (χ0) is 23.3. The Balaban J connectivity index is 2.13. The molecule has 1 aromatic carbocycles. The van der Waals surface area contributed by atoms with E-state index in [1.807, 2.05) is 13.0 Å². The maximum Gasteiger partial charge on any atom is 0.315 e. The minimum absolute atomic E-state index is 0.0214. The Bertz CT molecular complexity index is 933. The SMILES string of the molecule is CCCCCOC(=O)C1C(C)=NC2=C(C(=O)CCC2)[C@@H]1c1ccc(OC)c(OC)c1OC. The second kappa shape index (κ2) is 10.7. The lowest BCUT2D eigenvalue weighted by Crippen LogP contribution is -2.37. The van der Waals surface area contributed by atoms with Crippen molar-refractivity contribution in [2.45, 2.75) is 58.3 Å². The molecule has 1 aliphatic carbocycles. The van der Waals surface area contributed by atoms with Gasteiger partial charge in [0, 0.05) is 34.9 Å². The number of hydrogen-bond donors (Lipinski definition) is 0. The number of ether oxygens (including phenoxy) is 4. The Morgan fingerprint density at radius 1 is 1.06 bits per heavy atom. The van der Waals surface area contributed by atoms with E-state index in [0.717, 1.165) is 31.4 Å². The topological polar surface area (TPSA) is 83.4 Å². The lowest BCUT2D eigenvalue weighted by atomic mass is 9.71. The van der Waals surface area contributed by atoms with Crippen LogP contribution in [0.15, 0.2) is 28.4 Å². The summed E-state index contributed by atoms with van der Waals surface area (Å²) in [6.07, 6.45) is 4.75. The van der Waals surface area contributed by atoms with Crippen LogP contribution >= 0.6 is 0 Å². The van der Waals surface area contributed by atoms with E-state index in [1.165, 1.54) is 7.11 Å². The van der Waals surface area contributed by atoms with Gasteiger partial charge in [-0.3, -0.25) is 14.6 Å². The number of methoxy groups -OCH3 is 3. The highest BCUT2D eigenvalue weighted by Gasteiger charge is 2.44. The molecular weight excluding hydrogens is 410 g/mol. The highest BCUT2D eigenvalue weighted by Crippen LogP contribution is 2.50. The predicted octanol–water partition coefficient (Wildman–Crippen LogP) is 4.63. The molecule has 1 aromatic rings. The molecular formula is C25H33NO6. The first-order valence-corrected chi connectivity index (χ1v) is 11.2. The molecule has 3 rings (SSSR count). The number of benzene rings is 1. The number of hydrogen-bond acceptors (Lipinski definition) is 7.